The van der Waals surface area contributed by atoms with Gasteiger partial charge in [0.05, 0.1) is 29.8 Å². The molecule has 34 heavy (non-hydrogen) atoms. The maximum atomic E-state index is 14.5. The fourth-order valence-corrected chi connectivity index (χ4v) is 4.84. The Balaban J connectivity index is 1.33. The largest absolute Gasteiger partial charge is 0.379 e. The highest BCUT2D eigenvalue weighted by atomic mass is 32.2. The Hall–Kier alpha value is -2.75. The number of nitrogens with zero attached hydrogens (tertiary/aromatic N) is 3. The van der Waals surface area contributed by atoms with Crippen LogP contribution in [0.3, 0.4) is 0 Å². The van der Waals surface area contributed by atoms with Gasteiger partial charge < -0.3 is 10.1 Å². The maximum absolute atomic E-state index is 14.5. The van der Waals surface area contributed by atoms with E-state index in [-0.39, 0.29) is 17.2 Å². The van der Waals surface area contributed by atoms with Crippen LogP contribution in [0.15, 0.2) is 58.5 Å². The second kappa shape index (κ2) is 12.1. The molecule has 0 unspecified atom stereocenters. The molecule has 0 saturated carbocycles. The molecule has 0 bridgehead atoms. The lowest BCUT2D eigenvalue weighted by Gasteiger charge is -2.26. The smallest absolute Gasteiger partial charge is 0.266 e. The van der Waals surface area contributed by atoms with Crippen molar-refractivity contribution in [2.45, 2.75) is 24.4 Å². The van der Waals surface area contributed by atoms with Crippen molar-refractivity contribution < 1.29 is 13.9 Å². The molecule has 0 spiro atoms. The number of benzene rings is 2. The zero-order chi connectivity index (χ0) is 23.8. The molecule has 180 valence electrons. The molecular weight excluding hydrogens is 455 g/mol. The van der Waals surface area contributed by atoms with Gasteiger partial charge in [-0.25, -0.2) is 9.37 Å². The second-order valence-electron chi connectivity index (χ2n) is 8.11. The molecule has 2 aromatic carbocycles. The number of nitrogens with one attached hydrogen (secondary N) is 1. The fourth-order valence-electron chi connectivity index (χ4n) is 3.89. The fraction of sp³-hybridized carbons (Fsp3) is 0.400. The second-order valence-corrected chi connectivity index (χ2v) is 9.18. The number of rotatable bonds is 10. The van der Waals surface area contributed by atoms with Crippen molar-refractivity contribution >= 4 is 28.6 Å². The van der Waals surface area contributed by atoms with Crippen molar-refractivity contribution in [2.24, 2.45) is 0 Å². The summed E-state index contributed by atoms with van der Waals surface area (Å²) >= 11 is 1.36. The molecule has 9 heteroatoms. The highest BCUT2D eigenvalue weighted by molar-refractivity contribution is 7.99. The number of thioether (sulfide) groups is 1. The summed E-state index contributed by atoms with van der Waals surface area (Å²) in [5.41, 5.74) is 0.433. The Morgan fingerprint density at radius 2 is 1.85 bits per heavy atom. The number of hydrogen-bond donors (Lipinski definition) is 1. The van der Waals surface area contributed by atoms with Crippen LogP contribution >= 0.6 is 11.8 Å². The number of amides is 1. The minimum absolute atomic E-state index is 0.0144. The molecule has 1 fully saturated rings. The Bertz CT molecular complexity index is 1180. The van der Waals surface area contributed by atoms with Crippen molar-refractivity contribution in [2.75, 3.05) is 45.1 Å². The average Bonchev–Trinajstić information content (AvgIpc) is 2.86. The Labute approximate surface area is 202 Å². The van der Waals surface area contributed by atoms with E-state index < -0.39 is 5.82 Å². The number of para-hydroxylation sites is 2. The van der Waals surface area contributed by atoms with Gasteiger partial charge in [0.1, 0.15) is 5.82 Å². The van der Waals surface area contributed by atoms with Crippen LogP contribution in [0.2, 0.25) is 0 Å². The van der Waals surface area contributed by atoms with Crippen LogP contribution in [-0.4, -0.2) is 65.5 Å². The summed E-state index contributed by atoms with van der Waals surface area (Å²) in [4.78, 5) is 32.3. The number of halogens is 1. The summed E-state index contributed by atoms with van der Waals surface area (Å²) in [5.74, 6) is 0.112. The van der Waals surface area contributed by atoms with Crippen LogP contribution < -0.4 is 10.9 Å². The molecule has 1 N–H and O–H groups in total. The lowest BCUT2D eigenvalue weighted by molar-refractivity contribution is -0.121. The number of carbonyl (C=O) groups is 1. The number of morpholine rings is 1. The third-order valence-corrected chi connectivity index (χ3v) is 6.72. The SMILES string of the molecule is O=C(CCCSc1nc2ccccc2c(=O)n1-c1ccccc1F)NCCCN1CCOCC1. The van der Waals surface area contributed by atoms with Gasteiger partial charge in [0.15, 0.2) is 5.16 Å². The summed E-state index contributed by atoms with van der Waals surface area (Å²) < 4.78 is 21.2. The van der Waals surface area contributed by atoms with Crippen molar-refractivity contribution in [3.8, 4) is 5.69 Å². The van der Waals surface area contributed by atoms with E-state index in [1.54, 1.807) is 36.4 Å². The summed E-state index contributed by atoms with van der Waals surface area (Å²) in [6, 6.07) is 13.2. The van der Waals surface area contributed by atoms with Gasteiger partial charge >= 0.3 is 0 Å². The molecule has 1 aliphatic heterocycles. The zero-order valence-electron chi connectivity index (χ0n) is 19.0. The quantitative estimate of drug-likeness (QED) is 0.271. The van der Waals surface area contributed by atoms with E-state index in [2.05, 4.69) is 15.2 Å². The van der Waals surface area contributed by atoms with Crippen LogP contribution in [0.4, 0.5) is 4.39 Å². The zero-order valence-corrected chi connectivity index (χ0v) is 19.9. The van der Waals surface area contributed by atoms with E-state index in [1.165, 1.54) is 22.4 Å². The van der Waals surface area contributed by atoms with Gasteiger partial charge in [0.2, 0.25) is 5.91 Å². The van der Waals surface area contributed by atoms with Crippen molar-refractivity contribution in [3.63, 3.8) is 0 Å². The summed E-state index contributed by atoms with van der Waals surface area (Å²) in [6.45, 7) is 5.07. The van der Waals surface area contributed by atoms with Gasteiger partial charge in [0.25, 0.3) is 5.56 Å². The molecule has 0 aliphatic carbocycles. The van der Waals surface area contributed by atoms with E-state index in [4.69, 9.17) is 4.74 Å². The van der Waals surface area contributed by atoms with Crippen LogP contribution in [0, 0.1) is 5.82 Å². The molecule has 1 aliphatic rings. The molecular formula is C25H29FN4O3S. The van der Waals surface area contributed by atoms with Gasteiger partial charge in [-0.1, -0.05) is 36.0 Å². The molecule has 0 atom stereocenters. The monoisotopic (exact) mass is 484 g/mol. The Morgan fingerprint density at radius 3 is 2.68 bits per heavy atom. The Morgan fingerprint density at radius 1 is 1.09 bits per heavy atom. The van der Waals surface area contributed by atoms with Crippen LogP contribution in [0.1, 0.15) is 19.3 Å². The van der Waals surface area contributed by atoms with Crippen molar-refractivity contribution in [1.82, 2.24) is 19.8 Å². The van der Waals surface area contributed by atoms with Crippen molar-refractivity contribution in [3.05, 3.63) is 64.7 Å². The van der Waals surface area contributed by atoms with E-state index in [1.807, 2.05) is 6.07 Å². The van der Waals surface area contributed by atoms with Gasteiger partial charge in [-0.15, -0.1) is 0 Å². The van der Waals surface area contributed by atoms with Gasteiger partial charge in [0, 0.05) is 31.8 Å². The van der Waals surface area contributed by atoms with Gasteiger partial charge in [-0.2, -0.15) is 0 Å². The maximum Gasteiger partial charge on any atom is 0.266 e. The minimum Gasteiger partial charge on any atom is -0.379 e. The first kappa shape index (κ1) is 24.4. The highest BCUT2D eigenvalue weighted by Gasteiger charge is 2.16. The first-order valence-corrected chi connectivity index (χ1v) is 12.6. The standard InChI is InChI=1S/C25H29FN4O3S/c26-20-8-2-4-10-22(20)30-24(32)19-7-1-3-9-21(19)28-25(30)34-18-5-11-23(31)27-12-6-13-29-14-16-33-17-15-29/h1-4,7-10H,5-6,11-18H2,(H,27,31). The predicted octanol–water partition coefficient (Wildman–Crippen LogP) is 3.24. The molecule has 3 aromatic rings. The topological polar surface area (TPSA) is 76.5 Å². The number of fused-ring (bicyclic) bond motifs is 1. The van der Waals surface area contributed by atoms with Gasteiger partial charge in [-0.05, 0) is 43.7 Å². The van der Waals surface area contributed by atoms with Crippen LogP contribution in [0.5, 0.6) is 0 Å². The molecule has 7 nitrogen and oxygen atoms in total. The number of carbonyl (C=O) groups excluding carboxylic acids is 1. The first-order valence-electron chi connectivity index (χ1n) is 11.6. The summed E-state index contributed by atoms with van der Waals surface area (Å²) in [5, 5.41) is 3.83. The normalized spacial score (nSPS) is 14.4. The molecule has 1 aromatic heterocycles. The van der Waals surface area contributed by atoms with E-state index in [9.17, 15) is 14.0 Å². The predicted molar refractivity (Wildman–Crippen MR) is 132 cm³/mol. The third-order valence-electron chi connectivity index (χ3n) is 5.69. The minimum atomic E-state index is -0.486. The van der Waals surface area contributed by atoms with Crippen molar-refractivity contribution in [1.29, 1.82) is 0 Å². The molecule has 0 radical (unpaired) electrons. The molecule has 4 rings (SSSR count). The van der Waals surface area contributed by atoms with E-state index >= 15 is 0 Å². The number of aromatic nitrogens is 2. The summed E-state index contributed by atoms with van der Waals surface area (Å²) in [7, 11) is 0. The molecule has 2 heterocycles. The number of ether oxygens (including phenoxy) is 1. The van der Waals surface area contributed by atoms with Gasteiger partial charge in [-0.3, -0.25) is 19.1 Å². The van der Waals surface area contributed by atoms with Crippen LogP contribution in [0.25, 0.3) is 16.6 Å². The molecule has 1 amide bonds. The first-order chi connectivity index (χ1) is 16.6. The van der Waals surface area contributed by atoms with E-state index in [0.29, 0.717) is 41.2 Å². The highest BCUT2D eigenvalue weighted by Crippen LogP contribution is 2.23. The Kier molecular flexibility index (Phi) is 8.67. The average molecular weight is 485 g/mol. The van der Waals surface area contributed by atoms with E-state index in [0.717, 1.165) is 39.3 Å². The molecule has 1 saturated heterocycles. The summed E-state index contributed by atoms with van der Waals surface area (Å²) in [6.07, 6.45) is 1.93. The lowest BCUT2D eigenvalue weighted by Crippen LogP contribution is -2.38. The third kappa shape index (κ3) is 6.22. The number of hydrogen-bond acceptors (Lipinski definition) is 6. The lowest BCUT2D eigenvalue weighted by atomic mass is 10.2. The van der Waals surface area contributed by atoms with Crippen LogP contribution in [-0.2, 0) is 9.53 Å².